The highest BCUT2D eigenvalue weighted by molar-refractivity contribution is 5.81. The van der Waals surface area contributed by atoms with Crippen molar-refractivity contribution in [2.24, 2.45) is 11.1 Å². The zero-order valence-electron chi connectivity index (χ0n) is 14.3. The lowest BCUT2D eigenvalue weighted by Crippen LogP contribution is -1.96. The van der Waals surface area contributed by atoms with Gasteiger partial charge >= 0.3 is 0 Å². The molecule has 2 rings (SSSR count). The minimum Gasteiger partial charge on any atom is -0.411 e. The second kappa shape index (κ2) is 11.4. The number of ether oxygens (including phenoxy) is 1. The van der Waals surface area contributed by atoms with E-state index in [0.29, 0.717) is 19.1 Å². The first-order chi connectivity index (χ1) is 11.1. The Morgan fingerprint density at radius 3 is 1.65 bits per heavy atom. The summed E-state index contributed by atoms with van der Waals surface area (Å²) in [7, 11) is 0. The molecule has 3 heteroatoms. The third-order valence-electron chi connectivity index (χ3n) is 3.10. The van der Waals surface area contributed by atoms with Crippen LogP contribution in [0.1, 0.15) is 38.3 Å². The highest BCUT2D eigenvalue weighted by Crippen LogP contribution is 2.05. The van der Waals surface area contributed by atoms with Crippen molar-refractivity contribution in [2.75, 3.05) is 0 Å². The van der Waals surface area contributed by atoms with Crippen molar-refractivity contribution in [3.8, 4) is 0 Å². The summed E-state index contributed by atoms with van der Waals surface area (Å²) < 4.78 is 5.61. The maximum Gasteiger partial charge on any atom is 0.0721 e. The van der Waals surface area contributed by atoms with E-state index in [2.05, 4.69) is 43.3 Å². The van der Waals surface area contributed by atoms with Gasteiger partial charge in [-0.1, -0.05) is 79.7 Å². The first-order valence-electron chi connectivity index (χ1n) is 7.95. The predicted octanol–water partition coefficient (Wildman–Crippen LogP) is 5.29. The molecule has 0 amide bonds. The molecule has 0 fully saturated rings. The number of rotatable bonds is 6. The van der Waals surface area contributed by atoms with Crippen LogP contribution < -0.4 is 0 Å². The summed E-state index contributed by atoms with van der Waals surface area (Å²) in [6.45, 7) is 7.36. The molecular weight excluding hydrogens is 286 g/mol. The first kappa shape index (κ1) is 18.9. The van der Waals surface area contributed by atoms with E-state index < -0.39 is 0 Å². The van der Waals surface area contributed by atoms with Gasteiger partial charge in [-0.05, 0) is 30.4 Å². The van der Waals surface area contributed by atoms with Crippen LogP contribution in [0.15, 0.2) is 65.8 Å². The Morgan fingerprint density at radius 1 is 0.913 bits per heavy atom. The van der Waals surface area contributed by atoms with Gasteiger partial charge in [0.2, 0.25) is 0 Å². The average molecular weight is 313 g/mol. The molecule has 0 radical (unpaired) electrons. The molecule has 0 unspecified atom stereocenters. The van der Waals surface area contributed by atoms with Crippen molar-refractivity contribution in [3.05, 3.63) is 71.8 Å². The Kier molecular flexibility index (Phi) is 9.41. The highest BCUT2D eigenvalue weighted by Gasteiger charge is 1.95. The molecule has 0 bridgehead atoms. The van der Waals surface area contributed by atoms with E-state index >= 15 is 0 Å². The molecule has 1 N–H and O–H groups in total. The number of hydrogen-bond donors (Lipinski definition) is 1. The normalized spacial score (nSPS) is 11.0. The van der Waals surface area contributed by atoms with Crippen LogP contribution in [-0.2, 0) is 18.0 Å². The van der Waals surface area contributed by atoms with Crippen LogP contribution in [0.4, 0.5) is 0 Å². The molecule has 0 saturated heterocycles. The zero-order valence-corrected chi connectivity index (χ0v) is 14.3. The summed E-state index contributed by atoms with van der Waals surface area (Å²) in [5.74, 6) is 0.589. The van der Waals surface area contributed by atoms with Gasteiger partial charge in [-0.15, -0.1) is 0 Å². The van der Waals surface area contributed by atoms with Gasteiger partial charge in [0, 0.05) is 0 Å². The highest BCUT2D eigenvalue weighted by atomic mass is 16.5. The van der Waals surface area contributed by atoms with Crippen LogP contribution in [0.25, 0.3) is 0 Å². The first-order valence-corrected chi connectivity index (χ1v) is 7.95. The molecule has 0 aliphatic rings. The van der Waals surface area contributed by atoms with Crippen LogP contribution in [0.2, 0.25) is 0 Å². The molecule has 0 heterocycles. The lowest BCUT2D eigenvalue weighted by atomic mass is 10.1. The largest absolute Gasteiger partial charge is 0.411 e. The smallest absolute Gasteiger partial charge is 0.0721 e. The summed E-state index contributed by atoms with van der Waals surface area (Å²) in [4.78, 5) is 0. The Morgan fingerprint density at radius 2 is 1.35 bits per heavy atom. The Bertz CT molecular complexity index is 511. The quantitative estimate of drug-likeness (QED) is 0.447. The van der Waals surface area contributed by atoms with Crippen molar-refractivity contribution in [2.45, 2.75) is 40.4 Å². The third kappa shape index (κ3) is 9.48. The molecule has 2 aromatic carbocycles. The number of hydrogen-bond acceptors (Lipinski definition) is 3. The van der Waals surface area contributed by atoms with Crippen molar-refractivity contribution < 1.29 is 9.94 Å². The average Bonchev–Trinajstić information content (AvgIpc) is 2.57. The lowest BCUT2D eigenvalue weighted by Gasteiger charge is -2.03. The van der Waals surface area contributed by atoms with Gasteiger partial charge in [0.05, 0.1) is 18.9 Å². The van der Waals surface area contributed by atoms with Crippen LogP contribution in [0.3, 0.4) is 0 Å². The van der Waals surface area contributed by atoms with Crippen molar-refractivity contribution in [3.63, 3.8) is 0 Å². The molecule has 0 aliphatic carbocycles. The fourth-order valence-electron chi connectivity index (χ4n) is 2.07. The fraction of sp³-hybridized carbons (Fsp3) is 0.350. The van der Waals surface area contributed by atoms with E-state index in [-0.39, 0.29) is 0 Å². The summed E-state index contributed by atoms with van der Waals surface area (Å²) in [6.07, 6.45) is 0.885. The SMILES string of the molecule is CC(CC(C)C)=NO.c1ccc(COCc2ccccc2)cc1. The van der Waals surface area contributed by atoms with Gasteiger partial charge in [-0.3, -0.25) is 0 Å². The van der Waals surface area contributed by atoms with E-state index in [1.165, 1.54) is 11.1 Å². The van der Waals surface area contributed by atoms with E-state index in [1.54, 1.807) is 0 Å². The monoisotopic (exact) mass is 313 g/mol. The van der Waals surface area contributed by atoms with Crippen LogP contribution in [0.5, 0.6) is 0 Å². The minimum atomic E-state index is 0.589. The Balaban J connectivity index is 0.000000284. The summed E-state index contributed by atoms with van der Waals surface area (Å²) in [5.41, 5.74) is 3.24. The van der Waals surface area contributed by atoms with E-state index in [1.807, 2.05) is 43.3 Å². The predicted molar refractivity (Wildman–Crippen MR) is 95.7 cm³/mol. The Hall–Kier alpha value is -2.13. The number of benzene rings is 2. The topological polar surface area (TPSA) is 41.8 Å². The van der Waals surface area contributed by atoms with Crippen LogP contribution >= 0.6 is 0 Å². The molecule has 23 heavy (non-hydrogen) atoms. The summed E-state index contributed by atoms with van der Waals surface area (Å²) in [6, 6.07) is 20.4. The van der Waals surface area contributed by atoms with Crippen molar-refractivity contribution in [1.29, 1.82) is 0 Å². The van der Waals surface area contributed by atoms with Gasteiger partial charge in [-0.2, -0.15) is 0 Å². The standard InChI is InChI=1S/C14H14O.C6H13NO/c1-3-7-13(8-4-1)11-15-12-14-9-5-2-6-10-14;1-5(2)4-6(3)7-8/h1-10H,11-12H2;5,8H,4H2,1-3H3. The van der Waals surface area contributed by atoms with Gasteiger partial charge in [0.1, 0.15) is 0 Å². The lowest BCUT2D eigenvalue weighted by molar-refractivity contribution is 0.107. The zero-order chi connectivity index (χ0) is 16.9. The van der Waals surface area contributed by atoms with Crippen molar-refractivity contribution in [1.82, 2.24) is 0 Å². The molecule has 0 spiro atoms. The minimum absolute atomic E-state index is 0.589. The second-order valence-corrected chi connectivity index (χ2v) is 5.90. The molecule has 0 saturated carbocycles. The van der Waals surface area contributed by atoms with Crippen LogP contribution in [0, 0.1) is 5.92 Å². The molecule has 0 atom stereocenters. The van der Waals surface area contributed by atoms with Gasteiger partial charge < -0.3 is 9.94 Å². The third-order valence-corrected chi connectivity index (χ3v) is 3.10. The van der Waals surface area contributed by atoms with Gasteiger partial charge in [-0.25, -0.2) is 0 Å². The number of oxime groups is 1. The molecule has 124 valence electrons. The summed E-state index contributed by atoms with van der Waals surface area (Å²) in [5, 5.41) is 11.2. The molecule has 0 aliphatic heterocycles. The Labute approximate surface area is 139 Å². The fourth-order valence-corrected chi connectivity index (χ4v) is 2.07. The molecule has 3 nitrogen and oxygen atoms in total. The second-order valence-electron chi connectivity index (χ2n) is 5.90. The van der Waals surface area contributed by atoms with Gasteiger partial charge in [0.25, 0.3) is 0 Å². The maximum absolute atomic E-state index is 8.17. The molecule has 0 aromatic heterocycles. The van der Waals surface area contributed by atoms with Crippen LogP contribution in [-0.4, -0.2) is 10.9 Å². The van der Waals surface area contributed by atoms with E-state index in [4.69, 9.17) is 9.94 Å². The molecule has 2 aromatic rings. The van der Waals surface area contributed by atoms with E-state index in [9.17, 15) is 0 Å². The summed E-state index contributed by atoms with van der Waals surface area (Å²) >= 11 is 0. The van der Waals surface area contributed by atoms with Crippen molar-refractivity contribution >= 4 is 5.71 Å². The maximum atomic E-state index is 8.17. The van der Waals surface area contributed by atoms with E-state index in [0.717, 1.165) is 12.1 Å². The number of nitrogens with zero attached hydrogens (tertiary/aromatic N) is 1. The van der Waals surface area contributed by atoms with Gasteiger partial charge in [0.15, 0.2) is 0 Å². The molecular formula is C20H27NO2.